The van der Waals surface area contributed by atoms with Crippen molar-refractivity contribution in [3.63, 3.8) is 0 Å². The van der Waals surface area contributed by atoms with Crippen molar-refractivity contribution in [2.75, 3.05) is 23.9 Å². The number of rotatable bonds is 6. The lowest BCUT2D eigenvalue weighted by Gasteiger charge is -2.12. The Kier molecular flexibility index (Phi) is 5.18. The summed E-state index contributed by atoms with van der Waals surface area (Å²) in [6.07, 6.45) is 3.31. The van der Waals surface area contributed by atoms with E-state index in [1.54, 1.807) is 18.5 Å². The van der Waals surface area contributed by atoms with Gasteiger partial charge in [-0.05, 0) is 13.8 Å². The van der Waals surface area contributed by atoms with Gasteiger partial charge in [-0.1, -0.05) is 0 Å². The molecule has 0 aromatic carbocycles. The predicted octanol–water partition coefficient (Wildman–Crippen LogP) is 1.05. The Balaban J connectivity index is 2.59. The van der Waals surface area contributed by atoms with Crippen LogP contribution >= 0.6 is 0 Å². The molecule has 16 heavy (non-hydrogen) atoms. The highest BCUT2D eigenvalue weighted by atomic mass is 32.2. The van der Waals surface area contributed by atoms with E-state index in [1.165, 1.54) is 0 Å². The summed E-state index contributed by atoms with van der Waals surface area (Å²) in [6.45, 7) is 4.42. The van der Waals surface area contributed by atoms with Crippen molar-refractivity contribution in [2.24, 2.45) is 0 Å². The third-order valence-electron chi connectivity index (χ3n) is 1.78. The van der Waals surface area contributed by atoms with Crippen molar-refractivity contribution in [3.05, 3.63) is 12.3 Å². The SMILES string of the molecule is CCOc1ccnc(NC(C)CS(C)=O)n1. The van der Waals surface area contributed by atoms with Gasteiger partial charge in [-0.2, -0.15) is 4.98 Å². The van der Waals surface area contributed by atoms with Gasteiger partial charge < -0.3 is 10.1 Å². The predicted molar refractivity (Wildman–Crippen MR) is 65.2 cm³/mol. The second-order valence-corrected chi connectivity index (χ2v) is 4.92. The number of anilines is 1. The summed E-state index contributed by atoms with van der Waals surface area (Å²) in [6, 6.07) is 1.78. The van der Waals surface area contributed by atoms with E-state index in [2.05, 4.69) is 15.3 Å². The Bertz CT molecular complexity index is 360. The van der Waals surface area contributed by atoms with E-state index < -0.39 is 10.8 Å². The smallest absolute Gasteiger partial charge is 0.226 e. The van der Waals surface area contributed by atoms with E-state index >= 15 is 0 Å². The summed E-state index contributed by atoms with van der Waals surface area (Å²) in [4.78, 5) is 8.23. The molecule has 0 bridgehead atoms. The van der Waals surface area contributed by atoms with Crippen molar-refractivity contribution in [1.29, 1.82) is 0 Å². The molecule has 2 unspecified atom stereocenters. The maximum atomic E-state index is 11.0. The van der Waals surface area contributed by atoms with Gasteiger partial charge in [-0.25, -0.2) is 4.98 Å². The van der Waals surface area contributed by atoms with Gasteiger partial charge in [0.05, 0.1) is 6.61 Å². The molecule has 0 fully saturated rings. The van der Waals surface area contributed by atoms with Gasteiger partial charge in [-0.15, -0.1) is 0 Å². The van der Waals surface area contributed by atoms with Gasteiger partial charge >= 0.3 is 0 Å². The van der Waals surface area contributed by atoms with Gasteiger partial charge in [0.2, 0.25) is 11.8 Å². The van der Waals surface area contributed by atoms with Gasteiger partial charge in [0.1, 0.15) is 0 Å². The van der Waals surface area contributed by atoms with Crippen LogP contribution in [0.1, 0.15) is 13.8 Å². The number of nitrogens with one attached hydrogen (secondary N) is 1. The highest BCUT2D eigenvalue weighted by Crippen LogP contribution is 2.09. The average Bonchev–Trinajstić information content (AvgIpc) is 2.17. The Labute approximate surface area is 98.1 Å². The second kappa shape index (κ2) is 6.42. The number of hydrogen-bond acceptors (Lipinski definition) is 5. The maximum absolute atomic E-state index is 11.0. The summed E-state index contributed by atoms with van der Waals surface area (Å²) in [5.41, 5.74) is 0. The van der Waals surface area contributed by atoms with E-state index in [-0.39, 0.29) is 6.04 Å². The fraction of sp³-hybridized carbons (Fsp3) is 0.600. The van der Waals surface area contributed by atoms with E-state index in [0.717, 1.165) is 0 Å². The molecule has 0 aliphatic carbocycles. The van der Waals surface area contributed by atoms with Crippen LogP contribution in [0, 0.1) is 0 Å². The normalized spacial score (nSPS) is 14.2. The largest absolute Gasteiger partial charge is 0.478 e. The van der Waals surface area contributed by atoms with Crippen LogP contribution in [0.15, 0.2) is 12.3 Å². The lowest BCUT2D eigenvalue weighted by molar-refractivity contribution is 0.326. The zero-order chi connectivity index (χ0) is 12.0. The van der Waals surface area contributed by atoms with Crippen molar-refractivity contribution in [2.45, 2.75) is 19.9 Å². The molecule has 6 heteroatoms. The minimum atomic E-state index is -0.827. The van der Waals surface area contributed by atoms with Crippen LogP contribution in [0.3, 0.4) is 0 Å². The number of aromatic nitrogens is 2. The standard InChI is InChI=1S/C10H17N3O2S/c1-4-15-9-5-6-11-10(13-9)12-8(2)7-16(3)14/h5-6,8H,4,7H2,1-3H3,(H,11,12,13). The minimum Gasteiger partial charge on any atom is -0.478 e. The maximum Gasteiger partial charge on any atom is 0.226 e. The van der Waals surface area contributed by atoms with Crippen LogP contribution in [0.2, 0.25) is 0 Å². The van der Waals surface area contributed by atoms with Crippen molar-refractivity contribution >= 4 is 16.7 Å². The van der Waals surface area contributed by atoms with Gasteiger partial charge in [0.15, 0.2) is 0 Å². The zero-order valence-electron chi connectivity index (χ0n) is 9.77. The van der Waals surface area contributed by atoms with Crippen LogP contribution in [0.5, 0.6) is 5.88 Å². The summed E-state index contributed by atoms with van der Waals surface area (Å²) in [5.74, 6) is 1.62. The van der Waals surface area contributed by atoms with Crippen LogP contribution in [0.25, 0.3) is 0 Å². The van der Waals surface area contributed by atoms with Gasteiger partial charge in [-0.3, -0.25) is 4.21 Å². The molecule has 0 aliphatic heterocycles. The molecule has 2 atom stereocenters. The second-order valence-electron chi connectivity index (χ2n) is 3.44. The lowest BCUT2D eigenvalue weighted by Crippen LogP contribution is -2.23. The first-order chi connectivity index (χ1) is 7.61. The molecule has 90 valence electrons. The third-order valence-corrected chi connectivity index (χ3v) is 2.75. The Morgan fingerprint density at radius 1 is 1.62 bits per heavy atom. The molecule has 0 aliphatic rings. The summed E-state index contributed by atoms with van der Waals surface area (Å²) >= 11 is 0. The highest BCUT2D eigenvalue weighted by Gasteiger charge is 2.06. The fourth-order valence-corrected chi connectivity index (χ4v) is 2.04. The molecule has 1 N–H and O–H groups in total. The molecule has 0 saturated heterocycles. The van der Waals surface area contributed by atoms with Crippen molar-refractivity contribution < 1.29 is 8.95 Å². The first-order valence-corrected chi connectivity index (χ1v) is 6.87. The van der Waals surface area contributed by atoms with Gasteiger partial charge in [0.25, 0.3) is 0 Å². The first-order valence-electron chi connectivity index (χ1n) is 5.14. The van der Waals surface area contributed by atoms with E-state index in [1.807, 2.05) is 13.8 Å². The number of ether oxygens (including phenoxy) is 1. The molecular formula is C10H17N3O2S. The Morgan fingerprint density at radius 3 is 3.00 bits per heavy atom. The van der Waals surface area contributed by atoms with Crippen LogP contribution in [-0.2, 0) is 10.8 Å². The Hall–Kier alpha value is -1.17. The molecule has 1 heterocycles. The molecule has 0 spiro atoms. The highest BCUT2D eigenvalue weighted by molar-refractivity contribution is 7.84. The monoisotopic (exact) mass is 243 g/mol. The zero-order valence-corrected chi connectivity index (χ0v) is 10.6. The fourth-order valence-electron chi connectivity index (χ4n) is 1.25. The average molecular weight is 243 g/mol. The van der Waals surface area contributed by atoms with E-state index in [0.29, 0.717) is 24.2 Å². The number of nitrogens with zero attached hydrogens (tertiary/aromatic N) is 2. The topological polar surface area (TPSA) is 64.1 Å². The Morgan fingerprint density at radius 2 is 2.38 bits per heavy atom. The molecule has 5 nitrogen and oxygen atoms in total. The molecule has 1 rings (SSSR count). The summed E-state index contributed by atoms with van der Waals surface area (Å²) in [5, 5.41) is 3.08. The first kappa shape index (κ1) is 12.9. The molecule has 0 saturated carbocycles. The number of hydrogen-bond donors (Lipinski definition) is 1. The molecule has 1 aromatic heterocycles. The van der Waals surface area contributed by atoms with Crippen molar-refractivity contribution in [1.82, 2.24) is 9.97 Å². The van der Waals surface area contributed by atoms with Crippen LogP contribution < -0.4 is 10.1 Å². The van der Waals surface area contributed by atoms with E-state index in [9.17, 15) is 4.21 Å². The van der Waals surface area contributed by atoms with Crippen LogP contribution in [0.4, 0.5) is 5.95 Å². The van der Waals surface area contributed by atoms with Crippen LogP contribution in [-0.4, -0.2) is 38.8 Å². The molecule has 0 radical (unpaired) electrons. The van der Waals surface area contributed by atoms with Gasteiger partial charge in [0, 0.05) is 41.1 Å². The summed E-state index contributed by atoms with van der Waals surface area (Å²) < 4.78 is 16.3. The quantitative estimate of drug-likeness (QED) is 0.809. The summed E-state index contributed by atoms with van der Waals surface area (Å²) in [7, 11) is -0.827. The minimum absolute atomic E-state index is 0.0720. The molecular weight excluding hydrogens is 226 g/mol. The van der Waals surface area contributed by atoms with E-state index in [4.69, 9.17) is 4.74 Å². The third kappa shape index (κ3) is 4.57. The lowest BCUT2D eigenvalue weighted by atomic mass is 10.4. The molecule has 1 aromatic rings. The molecule has 0 amide bonds. The van der Waals surface area contributed by atoms with Crippen molar-refractivity contribution in [3.8, 4) is 5.88 Å².